The molecule has 0 saturated carbocycles. The first kappa shape index (κ1) is 12.7. The van der Waals surface area contributed by atoms with Crippen LogP contribution >= 0.6 is 0 Å². The third-order valence-corrected chi connectivity index (χ3v) is 3.62. The Morgan fingerprint density at radius 1 is 1.47 bits per heavy atom. The van der Waals surface area contributed by atoms with Crippen molar-refractivity contribution in [1.82, 2.24) is 5.32 Å². The van der Waals surface area contributed by atoms with Crippen LogP contribution in [0.1, 0.15) is 44.3 Å². The minimum absolute atomic E-state index is 0.279. The molecule has 2 rings (SSSR count). The molecule has 0 bridgehead atoms. The molecule has 96 valence electrons. The van der Waals surface area contributed by atoms with Gasteiger partial charge >= 0.3 is 0 Å². The zero-order valence-corrected chi connectivity index (χ0v) is 11.0. The molecule has 1 aromatic heterocycles. The Hall–Kier alpha value is -0.800. The predicted molar refractivity (Wildman–Crippen MR) is 68.0 cm³/mol. The van der Waals surface area contributed by atoms with Crippen LogP contribution in [-0.2, 0) is 4.74 Å². The lowest BCUT2D eigenvalue weighted by Crippen LogP contribution is -2.30. The molecule has 0 amide bonds. The van der Waals surface area contributed by atoms with Gasteiger partial charge in [0.15, 0.2) is 0 Å². The number of hydrogen-bond donors (Lipinski definition) is 1. The van der Waals surface area contributed by atoms with Crippen LogP contribution < -0.4 is 5.32 Å². The zero-order chi connectivity index (χ0) is 12.3. The number of furan rings is 1. The summed E-state index contributed by atoms with van der Waals surface area (Å²) in [7, 11) is 0. The second-order valence-electron chi connectivity index (χ2n) is 4.94. The van der Waals surface area contributed by atoms with E-state index in [2.05, 4.69) is 25.2 Å². The summed E-state index contributed by atoms with van der Waals surface area (Å²) in [6, 6.07) is 4.35. The van der Waals surface area contributed by atoms with Gasteiger partial charge in [0.2, 0.25) is 0 Å². The van der Waals surface area contributed by atoms with Crippen LogP contribution in [0.3, 0.4) is 0 Å². The van der Waals surface area contributed by atoms with Gasteiger partial charge in [-0.3, -0.25) is 0 Å². The highest BCUT2D eigenvalue weighted by molar-refractivity contribution is 5.08. The monoisotopic (exact) mass is 237 g/mol. The fourth-order valence-corrected chi connectivity index (χ4v) is 2.49. The summed E-state index contributed by atoms with van der Waals surface area (Å²) in [4.78, 5) is 0. The topological polar surface area (TPSA) is 34.4 Å². The van der Waals surface area contributed by atoms with E-state index in [-0.39, 0.29) is 6.04 Å². The van der Waals surface area contributed by atoms with Crippen LogP contribution in [0.25, 0.3) is 0 Å². The summed E-state index contributed by atoms with van der Waals surface area (Å²) >= 11 is 0. The van der Waals surface area contributed by atoms with Gasteiger partial charge in [0.1, 0.15) is 11.5 Å². The summed E-state index contributed by atoms with van der Waals surface area (Å²) in [5.74, 6) is 2.65. The van der Waals surface area contributed by atoms with E-state index in [4.69, 9.17) is 9.15 Å². The molecule has 2 heterocycles. The minimum atomic E-state index is 0.279. The third kappa shape index (κ3) is 3.11. The van der Waals surface area contributed by atoms with Gasteiger partial charge in [-0.1, -0.05) is 6.92 Å². The molecule has 0 aliphatic carbocycles. The van der Waals surface area contributed by atoms with Crippen LogP contribution in [0.5, 0.6) is 0 Å². The highest BCUT2D eigenvalue weighted by Gasteiger charge is 2.26. The molecule has 1 saturated heterocycles. The lowest BCUT2D eigenvalue weighted by molar-refractivity contribution is 0.0865. The molecule has 3 unspecified atom stereocenters. The summed E-state index contributed by atoms with van der Waals surface area (Å²) in [6.45, 7) is 8.25. The second kappa shape index (κ2) is 5.69. The first-order chi connectivity index (χ1) is 8.20. The molecule has 1 aromatic rings. The van der Waals surface area contributed by atoms with Crippen molar-refractivity contribution in [2.24, 2.45) is 5.92 Å². The highest BCUT2D eigenvalue weighted by Crippen LogP contribution is 2.24. The quantitative estimate of drug-likeness (QED) is 0.854. The van der Waals surface area contributed by atoms with Crippen molar-refractivity contribution in [3.63, 3.8) is 0 Å². The zero-order valence-electron chi connectivity index (χ0n) is 11.0. The smallest absolute Gasteiger partial charge is 0.120 e. The van der Waals surface area contributed by atoms with Crippen LogP contribution in [0.4, 0.5) is 0 Å². The van der Waals surface area contributed by atoms with Gasteiger partial charge in [0, 0.05) is 13.2 Å². The first-order valence-corrected chi connectivity index (χ1v) is 6.62. The van der Waals surface area contributed by atoms with Crippen LogP contribution in [0.15, 0.2) is 16.5 Å². The molecule has 17 heavy (non-hydrogen) atoms. The Labute approximate surface area is 104 Å². The van der Waals surface area contributed by atoms with Crippen molar-refractivity contribution in [1.29, 1.82) is 0 Å². The molecule has 3 atom stereocenters. The average molecular weight is 237 g/mol. The molecule has 0 radical (unpaired) electrons. The van der Waals surface area contributed by atoms with Crippen molar-refractivity contribution in [3.8, 4) is 0 Å². The molecular weight excluding hydrogens is 214 g/mol. The van der Waals surface area contributed by atoms with Crippen molar-refractivity contribution in [3.05, 3.63) is 23.7 Å². The lowest BCUT2D eigenvalue weighted by Gasteiger charge is -2.19. The molecule has 1 N–H and O–H groups in total. The highest BCUT2D eigenvalue weighted by atomic mass is 16.5. The Balaban J connectivity index is 1.81. The molecule has 0 spiro atoms. The number of aryl methyl sites for hydroxylation is 1. The van der Waals surface area contributed by atoms with E-state index in [1.54, 1.807) is 0 Å². The Morgan fingerprint density at radius 3 is 2.94 bits per heavy atom. The Bertz CT molecular complexity index is 348. The second-order valence-corrected chi connectivity index (χ2v) is 4.94. The summed E-state index contributed by atoms with van der Waals surface area (Å²) in [6.07, 6.45) is 2.73. The standard InChI is InChI=1S/C14H23NO2/c1-4-13-12(7-8-16-13)9-15-11(3)14-6-5-10(2)17-14/h5-6,11-13,15H,4,7-9H2,1-3H3. The average Bonchev–Trinajstić information content (AvgIpc) is 2.94. The van der Waals surface area contributed by atoms with Crippen LogP contribution in [0.2, 0.25) is 0 Å². The summed E-state index contributed by atoms with van der Waals surface area (Å²) in [5.41, 5.74) is 0. The fourth-order valence-electron chi connectivity index (χ4n) is 2.49. The van der Waals surface area contributed by atoms with Gasteiger partial charge in [-0.25, -0.2) is 0 Å². The van der Waals surface area contributed by atoms with Crippen molar-refractivity contribution in [2.75, 3.05) is 13.2 Å². The Kier molecular flexibility index (Phi) is 4.24. The van der Waals surface area contributed by atoms with E-state index in [1.807, 2.05) is 13.0 Å². The van der Waals surface area contributed by atoms with E-state index < -0.39 is 0 Å². The minimum Gasteiger partial charge on any atom is -0.465 e. The van der Waals surface area contributed by atoms with E-state index in [0.717, 1.165) is 31.1 Å². The van der Waals surface area contributed by atoms with Gasteiger partial charge < -0.3 is 14.5 Å². The summed E-state index contributed by atoms with van der Waals surface area (Å²) in [5, 5.41) is 3.54. The third-order valence-electron chi connectivity index (χ3n) is 3.62. The molecule has 1 fully saturated rings. The molecule has 1 aliphatic rings. The van der Waals surface area contributed by atoms with Gasteiger partial charge in [-0.15, -0.1) is 0 Å². The van der Waals surface area contributed by atoms with Crippen molar-refractivity contribution in [2.45, 2.75) is 45.8 Å². The molecule has 1 aliphatic heterocycles. The van der Waals surface area contributed by atoms with E-state index in [9.17, 15) is 0 Å². The number of hydrogen-bond acceptors (Lipinski definition) is 3. The number of nitrogens with one attached hydrogen (secondary N) is 1. The van der Waals surface area contributed by atoms with Gasteiger partial charge in [0.05, 0.1) is 12.1 Å². The molecule has 0 aromatic carbocycles. The van der Waals surface area contributed by atoms with Crippen molar-refractivity contribution < 1.29 is 9.15 Å². The van der Waals surface area contributed by atoms with Crippen molar-refractivity contribution >= 4 is 0 Å². The molecule has 3 nitrogen and oxygen atoms in total. The first-order valence-electron chi connectivity index (χ1n) is 6.62. The van der Waals surface area contributed by atoms with Crippen LogP contribution in [-0.4, -0.2) is 19.3 Å². The number of ether oxygens (including phenoxy) is 1. The maximum absolute atomic E-state index is 5.69. The SMILES string of the molecule is CCC1OCCC1CNC(C)c1ccc(C)o1. The van der Waals surface area contributed by atoms with E-state index in [0.29, 0.717) is 12.0 Å². The van der Waals surface area contributed by atoms with E-state index >= 15 is 0 Å². The molecular formula is C14H23NO2. The number of rotatable bonds is 5. The maximum atomic E-state index is 5.69. The summed E-state index contributed by atoms with van der Waals surface area (Å²) < 4.78 is 11.3. The fraction of sp³-hybridized carbons (Fsp3) is 0.714. The predicted octanol–water partition coefficient (Wildman–Crippen LogP) is 3.05. The van der Waals surface area contributed by atoms with Crippen LogP contribution in [0, 0.1) is 12.8 Å². The van der Waals surface area contributed by atoms with Gasteiger partial charge in [-0.05, 0) is 44.7 Å². The normalized spacial score (nSPS) is 26.3. The maximum Gasteiger partial charge on any atom is 0.120 e. The van der Waals surface area contributed by atoms with Gasteiger partial charge in [0.25, 0.3) is 0 Å². The molecule has 3 heteroatoms. The Morgan fingerprint density at radius 2 is 2.29 bits per heavy atom. The van der Waals surface area contributed by atoms with E-state index in [1.165, 1.54) is 6.42 Å². The largest absolute Gasteiger partial charge is 0.465 e. The lowest BCUT2D eigenvalue weighted by atomic mass is 9.99. The van der Waals surface area contributed by atoms with Gasteiger partial charge in [-0.2, -0.15) is 0 Å².